The summed E-state index contributed by atoms with van der Waals surface area (Å²) < 4.78 is 7.27. The van der Waals surface area contributed by atoms with E-state index in [1.165, 1.54) is 6.20 Å². The highest BCUT2D eigenvalue weighted by Crippen LogP contribution is 2.41. The first-order valence-electron chi connectivity index (χ1n) is 7.20. The molecule has 0 bridgehead atoms. The highest BCUT2D eigenvalue weighted by molar-refractivity contribution is 5.58. The Balaban J connectivity index is 1.87. The predicted molar refractivity (Wildman–Crippen MR) is 74.0 cm³/mol. The van der Waals surface area contributed by atoms with Gasteiger partial charge in [0, 0.05) is 20.2 Å². The van der Waals surface area contributed by atoms with Crippen molar-refractivity contribution in [2.24, 2.45) is 0 Å². The van der Waals surface area contributed by atoms with Gasteiger partial charge in [-0.15, -0.1) is 0 Å². The number of nitrogens with zero attached hydrogens (tertiary/aromatic N) is 4. The Hall–Kier alpha value is -1.63. The van der Waals surface area contributed by atoms with E-state index >= 15 is 0 Å². The highest BCUT2D eigenvalue weighted by Gasteiger charge is 2.34. The molecule has 1 aliphatic heterocycles. The second-order valence-corrected chi connectivity index (χ2v) is 5.56. The Morgan fingerprint density at radius 3 is 2.80 bits per heavy atom. The van der Waals surface area contributed by atoms with Crippen LogP contribution in [0, 0.1) is 10.1 Å². The average molecular weight is 280 g/mol. The smallest absolute Gasteiger partial charge is 0.331 e. The first-order valence-corrected chi connectivity index (χ1v) is 7.20. The van der Waals surface area contributed by atoms with Crippen molar-refractivity contribution in [3.63, 3.8) is 0 Å². The summed E-state index contributed by atoms with van der Waals surface area (Å²) in [6.07, 6.45) is 6.71. The Morgan fingerprint density at radius 2 is 2.15 bits per heavy atom. The van der Waals surface area contributed by atoms with Gasteiger partial charge in [0.15, 0.2) is 0 Å². The molecule has 0 aromatic carbocycles. The normalized spacial score (nSPS) is 23.6. The van der Waals surface area contributed by atoms with Gasteiger partial charge in [0.05, 0.1) is 17.1 Å². The third-order valence-electron chi connectivity index (χ3n) is 4.15. The molecule has 2 aliphatic rings. The summed E-state index contributed by atoms with van der Waals surface area (Å²) in [5.74, 6) is 0.689. The van der Waals surface area contributed by atoms with Gasteiger partial charge in [-0.1, -0.05) is 0 Å². The molecule has 0 amide bonds. The maximum Gasteiger partial charge on any atom is 0.331 e. The molecule has 7 heteroatoms. The van der Waals surface area contributed by atoms with Crippen LogP contribution in [-0.4, -0.2) is 41.0 Å². The zero-order chi connectivity index (χ0) is 14.1. The second kappa shape index (κ2) is 5.40. The number of nitro groups is 1. The molecule has 0 N–H and O–H groups in total. The van der Waals surface area contributed by atoms with Gasteiger partial charge in [-0.3, -0.25) is 10.1 Å². The van der Waals surface area contributed by atoms with Gasteiger partial charge in [-0.05, 0) is 32.1 Å². The van der Waals surface area contributed by atoms with Crippen LogP contribution < -0.4 is 4.90 Å². The molecule has 1 saturated heterocycles. The number of hydrogen-bond donors (Lipinski definition) is 0. The Labute approximate surface area is 117 Å². The second-order valence-electron chi connectivity index (χ2n) is 5.56. The minimum absolute atomic E-state index is 0.132. The van der Waals surface area contributed by atoms with Crippen molar-refractivity contribution in [1.29, 1.82) is 0 Å². The predicted octanol–water partition coefficient (Wildman–Crippen LogP) is 2.13. The van der Waals surface area contributed by atoms with Gasteiger partial charge in [0.2, 0.25) is 5.82 Å². The van der Waals surface area contributed by atoms with Gasteiger partial charge in [-0.25, -0.2) is 4.68 Å². The fraction of sp³-hybridized carbons (Fsp3) is 0.769. The van der Waals surface area contributed by atoms with Crippen LogP contribution in [0.15, 0.2) is 6.20 Å². The molecule has 1 aliphatic carbocycles. The first kappa shape index (κ1) is 13.4. The first-order chi connectivity index (χ1) is 9.70. The van der Waals surface area contributed by atoms with Crippen molar-refractivity contribution in [2.75, 3.05) is 25.1 Å². The van der Waals surface area contributed by atoms with Crippen molar-refractivity contribution in [1.82, 2.24) is 9.78 Å². The molecule has 1 unspecified atom stereocenters. The molecular weight excluding hydrogens is 260 g/mol. The maximum absolute atomic E-state index is 11.2. The number of anilines is 1. The van der Waals surface area contributed by atoms with E-state index in [0.29, 0.717) is 11.9 Å². The number of methoxy groups -OCH3 is 1. The lowest BCUT2D eigenvalue weighted by Crippen LogP contribution is -2.28. The standard InChI is InChI=1S/C13H20N4O3/c1-20-11-3-2-7-15(8-6-11)13-12(17(18)19)9-14-16(13)10-4-5-10/h9-11H,2-8H2,1H3. The zero-order valence-electron chi connectivity index (χ0n) is 11.7. The van der Waals surface area contributed by atoms with Crippen LogP contribution in [0.2, 0.25) is 0 Å². The van der Waals surface area contributed by atoms with E-state index < -0.39 is 0 Å². The molecule has 0 radical (unpaired) electrons. The van der Waals surface area contributed by atoms with Crippen LogP contribution in [0.5, 0.6) is 0 Å². The van der Waals surface area contributed by atoms with Gasteiger partial charge in [-0.2, -0.15) is 5.10 Å². The van der Waals surface area contributed by atoms with E-state index in [0.717, 1.165) is 45.2 Å². The molecular formula is C13H20N4O3. The van der Waals surface area contributed by atoms with E-state index in [1.54, 1.807) is 7.11 Å². The molecule has 110 valence electrons. The monoisotopic (exact) mass is 280 g/mol. The molecule has 1 aromatic heterocycles. The van der Waals surface area contributed by atoms with Crippen LogP contribution >= 0.6 is 0 Å². The van der Waals surface area contributed by atoms with E-state index in [2.05, 4.69) is 10.00 Å². The fourth-order valence-electron chi connectivity index (χ4n) is 2.88. The quantitative estimate of drug-likeness (QED) is 0.624. The van der Waals surface area contributed by atoms with Gasteiger partial charge in [0.1, 0.15) is 6.20 Å². The van der Waals surface area contributed by atoms with Gasteiger partial charge in [0.25, 0.3) is 0 Å². The number of hydrogen-bond acceptors (Lipinski definition) is 5. The Bertz CT molecular complexity index is 498. The summed E-state index contributed by atoms with van der Waals surface area (Å²) >= 11 is 0. The molecule has 3 rings (SSSR count). The molecule has 2 heterocycles. The molecule has 0 spiro atoms. The average Bonchev–Trinajstić information content (AvgIpc) is 3.22. The fourth-order valence-corrected chi connectivity index (χ4v) is 2.88. The largest absolute Gasteiger partial charge is 0.381 e. The topological polar surface area (TPSA) is 73.4 Å². The zero-order valence-corrected chi connectivity index (χ0v) is 11.7. The van der Waals surface area contributed by atoms with Gasteiger partial charge >= 0.3 is 5.69 Å². The summed E-state index contributed by atoms with van der Waals surface area (Å²) in [4.78, 5) is 13.0. The van der Waals surface area contributed by atoms with Crippen molar-refractivity contribution in [2.45, 2.75) is 44.2 Å². The molecule has 1 atom stereocenters. The lowest BCUT2D eigenvalue weighted by atomic mass is 10.2. The van der Waals surface area contributed by atoms with Crippen molar-refractivity contribution < 1.29 is 9.66 Å². The number of rotatable bonds is 4. The SMILES string of the molecule is COC1CCCN(c2c([N+](=O)[O-])cnn2C2CC2)CC1. The van der Waals surface area contributed by atoms with Crippen molar-refractivity contribution >= 4 is 11.5 Å². The maximum atomic E-state index is 11.2. The van der Waals surface area contributed by atoms with Crippen LogP contribution in [0.1, 0.15) is 38.1 Å². The van der Waals surface area contributed by atoms with E-state index in [-0.39, 0.29) is 16.7 Å². The summed E-state index contributed by atoms with van der Waals surface area (Å²) in [5.41, 5.74) is 0.132. The molecule has 7 nitrogen and oxygen atoms in total. The molecule has 2 fully saturated rings. The molecule has 1 saturated carbocycles. The third kappa shape index (κ3) is 2.49. The number of aromatic nitrogens is 2. The van der Waals surface area contributed by atoms with E-state index in [1.807, 2.05) is 4.68 Å². The van der Waals surface area contributed by atoms with Crippen molar-refractivity contribution in [3.8, 4) is 0 Å². The van der Waals surface area contributed by atoms with Gasteiger partial charge < -0.3 is 9.64 Å². The summed E-state index contributed by atoms with van der Waals surface area (Å²) in [5, 5.41) is 15.5. The molecule has 1 aromatic rings. The lowest BCUT2D eigenvalue weighted by molar-refractivity contribution is -0.384. The lowest BCUT2D eigenvalue weighted by Gasteiger charge is -2.22. The van der Waals surface area contributed by atoms with Crippen LogP contribution in [0.4, 0.5) is 11.5 Å². The Kier molecular flexibility index (Phi) is 3.60. The minimum atomic E-state index is -0.320. The van der Waals surface area contributed by atoms with Crippen molar-refractivity contribution in [3.05, 3.63) is 16.3 Å². The third-order valence-corrected chi connectivity index (χ3v) is 4.15. The van der Waals surface area contributed by atoms with Crippen LogP contribution in [-0.2, 0) is 4.74 Å². The highest BCUT2D eigenvalue weighted by atomic mass is 16.6. The van der Waals surface area contributed by atoms with Crippen LogP contribution in [0.3, 0.4) is 0 Å². The van der Waals surface area contributed by atoms with E-state index in [9.17, 15) is 10.1 Å². The number of ether oxygens (including phenoxy) is 1. The summed E-state index contributed by atoms with van der Waals surface area (Å²) in [6.45, 7) is 1.62. The molecule has 20 heavy (non-hydrogen) atoms. The Morgan fingerprint density at radius 1 is 1.35 bits per heavy atom. The summed E-state index contributed by atoms with van der Waals surface area (Å²) in [6, 6.07) is 0.347. The van der Waals surface area contributed by atoms with Crippen LogP contribution in [0.25, 0.3) is 0 Å². The summed E-state index contributed by atoms with van der Waals surface area (Å²) in [7, 11) is 1.73. The minimum Gasteiger partial charge on any atom is -0.381 e. The van der Waals surface area contributed by atoms with E-state index in [4.69, 9.17) is 4.74 Å².